The molecule has 1 saturated carbocycles. The molecule has 1 N–H and O–H groups in total. The number of hydrogen-bond donors (Lipinski definition) is 1. The van der Waals surface area contributed by atoms with Gasteiger partial charge in [-0.05, 0) is 63.1 Å². The first-order valence-corrected chi connectivity index (χ1v) is 7.88. The molecular formula is C18H29NO. The Kier molecular flexibility index (Phi) is 4.74. The van der Waals surface area contributed by atoms with E-state index in [1.807, 2.05) is 0 Å². The molecule has 112 valence electrons. The number of rotatable bonds is 5. The van der Waals surface area contributed by atoms with E-state index < -0.39 is 0 Å². The Hall–Kier alpha value is -1.02. The second-order valence-corrected chi connectivity index (χ2v) is 7.23. The normalized spacial score (nSPS) is 23.0. The third kappa shape index (κ3) is 4.24. The zero-order valence-electron chi connectivity index (χ0n) is 13.6. The number of hydrogen-bond acceptors (Lipinski definition) is 2. The van der Waals surface area contributed by atoms with Gasteiger partial charge in [0, 0.05) is 12.1 Å². The molecule has 0 bridgehead atoms. The monoisotopic (exact) mass is 275 g/mol. The molecule has 1 aliphatic carbocycles. The topological polar surface area (TPSA) is 21.3 Å². The third-order valence-electron chi connectivity index (χ3n) is 4.21. The van der Waals surface area contributed by atoms with Crippen molar-refractivity contribution >= 4 is 0 Å². The lowest BCUT2D eigenvalue weighted by atomic mass is 9.91. The molecule has 2 atom stereocenters. The van der Waals surface area contributed by atoms with Crippen LogP contribution in [0.4, 0.5) is 0 Å². The van der Waals surface area contributed by atoms with Crippen molar-refractivity contribution in [1.29, 1.82) is 0 Å². The average Bonchev–Trinajstić information content (AvgIpc) is 2.68. The number of benzene rings is 1. The Morgan fingerprint density at radius 2 is 1.80 bits per heavy atom. The largest absolute Gasteiger partial charge is 0.491 e. The Morgan fingerprint density at radius 1 is 1.15 bits per heavy atom. The summed E-state index contributed by atoms with van der Waals surface area (Å²) < 4.78 is 5.69. The van der Waals surface area contributed by atoms with Gasteiger partial charge >= 0.3 is 0 Å². The summed E-state index contributed by atoms with van der Waals surface area (Å²) >= 11 is 0. The van der Waals surface area contributed by atoms with Gasteiger partial charge in [0.15, 0.2) is 0 Å². The summed E-state index contributed by atoms with van der Waals surface area (Å²) in [4.78, 5) is 0. The first kappa shape index (κ1) is 15.4. The van der Waals surface area contributed by atoms with Crippen molar-refractivity contribution < 1.29 is 4.74 Å². The van der Waals surface area contributed by atoms with Crippen LogP contribution in [0.3, 0.4) is 0 Å². The SMILES string of the molecule is CC(C)Oc1ccc(C(C)NC2CCC(C)(C)C2)cc1. The molecule has 1 aromatic rings. The van der Waals surface area contributed by atoms with Crippen LogP contribution < -0.4 is 10.1 Å². The van der Waals surface area contributed by atoms with Gasteiger partial charge in [0.05, 0.1) is 6.10 Å². The summed E-state index contributed by atoms with van der Waals surface area (Å²) in [7, 11) is 0. The number of ether oxygens (including phenoxy) is 1. The summed E-state index contributed by atoms with van der Waals surface area (Å²) in [5.74, 6) is 0.956. The fourth-order valence-corrected chi connectivity index (χ4v) is 3.14. The predicted molar refractivity (Wildman–Crippen MR) is 85.2 cm³/mol. The molecule has 0 aliphatic heterocycles. The maximum atomic E-state index is 5.69. The van der Waals surface area contributed by atoms with Crippen LogP contribution in [0.1, 0.15) is 65.5 Å². The van der Waals surface area contributed by atoms with Crippen molar-refractivity contribution in [3.05, 3.63) is 29.8 Å². The molecule has 2 nitrogen and oxygen atoms in total. The zero-order chi connectivity index (χ0) is 14.8. The lowest BCUT2D eigenvalue weighted by Crippen LogP contribution is -2.30. The van der Waals surface area contributed by atoms with Crippen molar-refractivity contribution in [2.75, 3.05) is 0 Å². The van der Waals surface area contributed by atoms with E-state index in [4.69, 9.17) is 4.74 Å². The van der Waals surface area contributed by atoms with Gasteiger partial charge < -0.3 is 10.1 Å². The van der Waals surface area contributed by atoms with Crippen molar-refractivity contribution in [3.8, 4) is 5.75 Å². The molecule has 1 aromatic carbocycles. The second-order valence-electron chi connectivity index (χ2n) is 7.23. The minimum absolute atomic E-state index is 0.233. The van der Waals surface area contributed by atoms with Crippen LogP contribution >= 0.6 is 0 Å². The van der Waals surface area contributed by atoms with Crippen LogP contribution in [0.2, 0.25) is 0 Å². The summed E-state index contributed by atoms with van der Waals surface area (Å²) in [6.07, 6.45) is 4.15. The summed E-state index contributed by atoms with van der Waals surface area (Å²) in [5, 5.41) is 3.77. The highest BCUT2D eigenvalue weighted by atomic mass is 16.5. The molecule has 0 amide bonds. The van der Waals surface area contributed by atoms with Gasteiger partial charge in [0.25, 0.3) is 0 Å². The highest BCUT2D eigenvalue weighted by Gasteiger charge is 2.31. The quantitative estimate of drug-likeness (QED) is 0.840. The smallest absolute Gasteiger partial charge is 0.119 e. The third-order valence-corrected chi connectivity index (χ3v) is 4.21. The van der Waals surface area contributed by atoms with Gasteiger partial charge in [-0.25, -0.2) is 0 Å². The summed E-state index contributed by atoms with van der Waals surface area (Å²) in [5.41, 5.74) is 1.85. The van der Waals surface area contributed by atoms with E-state index in [1.54, 1.807) is 0 Å². The molecule has 0 radical (unpaired) electrons. The average molecular weight is 275 g/mol. The second kappa shape index (κ2) is 6.17. The van der Waals surface area contributed by atoms with Crippen LogP contribution in [0.5, 0.6) is 5.75 Å². The predicted octanol–water partition coefficient (Wildman–Crippen LogP) is 4.70. The van der Waals surface area contributed by atoms with E-state index in [2.05, 4.69) is 64.2 Å². The highest BCUT2D eigenvalue weighted by molar-refractivity contribution is 5.29. The van der Waals surface area contributed by atoms with Gasteiger partial charge in [0.2, 0.25) is 0 Å². The van der Waals surface area contributed by atoms with Crippen LogP contribution in [0, 0.1) is 5.41 Å². The number of nitrogens with one attached hydrogen (secondary N) is 1. The standard InChI is InChI=1S/C18H29NO/c1-13(2)20-17-8-6-15(7-9-17)14(3)19-16-10-11-18(4,5)12-16/h6-9,13-14,16,19H,10-12H2,1-5H3. The molecule has 0 aromatic heterocycles. The highest BCUT2D eigenvalue weighted by Crippen LogP contribution is 2.37. The molecule has 0 saturated heterocycles. The molecule has 2 rings (SSSR count). The molecular weight excluding hydrogens is 246 g/mol. The minimum Gasteiger partial charge on any atom is -0.491 e. The molecule has 1 fully saturated rings. The Balaban J connectivity index is 1.91. The van der Waals surface area contributed by atoms with Crippen molar-refractivity contribution in [2.24, 2.45) is 5.41 Å². The van der Waals surface area contributed by atoms with Crippen LogP contribution in [-0.2, 0) is 0 Å². The fourth-order valence-electron chi connectivity index (χ4n) is 3.14. The van der Waals surface area contributed by atoms with Crippen molar-refractivity contribution in [2.45, 2.75) is 72.1 Å². The molecule has 0 heterocycles. The van der Waals surface area contributed by atoms with Crippen LogP contribution in [-0.4, -0.2) is 12.1 Å². The van der Waals surface area contributed by atoms with Gasteiger partial charge in [-0.3, -0.25) is 0 Å². The Morgan fingerprint density at radius 3 is 2.30 bits per heavy atom. The van der Waals surface area contributed by atoms with E-state index in [0.29, 0.717) is 17.5 Å². The lowest BCUT2D eigenvalue weighted by Gasteiger charge is -2.22. The van der Waals surface area contributed by atoms with E-state index in [-0.39, 0.29) is 6.10 Å². The van der Waals surface area contributed by atoms with Crippen LogP contribution in [0.25, 0.3) is 0 Å². The molecule has 2 heteroatoms. The van der Waals surface area contributed by atoms with Crippen LogP contribution in [0.15, 0.2) is 24.3 Å². The molecule has 20 heavy (non-hydrogen) atoms. The fraction of sp³-hybridized carbons (Fsp3) is 0.667. The summed E-state index contributed by atoms with van der Waals surface area (Å²) in [6, 6.07) is 9.57. The maximum Gasteiger partial charge on any atom is 0.119 e. The molecule has 1 aliphatic rings. The molecule has 2 unspecified atom stereocenters. The van der Waals surface area contributed by atoms with Crippen molar-refractivity contribution in [3.63, 3.8) is 0 Å². The van der Waals surface area contributed by atoms with E-state index in [1.165, 1.54) is 24.8 Å². The van der Waals surface area contributed by atoms with E-state index in [0.717, 1.165) is 5.75 Å². The molecule has 0 spiro atoms. The first-order chi connectivity index (χ1) is 9.35. The summed E-state index contributed by atoms with van der Waals surface area (Å²) in [6.45, 7) is 11.1. The van der Waals surface area contributed by atoms with Gasteiger partial charge in [-0.1, -0.05) is 26.0 Å². The van der Waals surface area contributed by atoms with E-state index in [9.17, 15) is 0 Å². The maximum absolute atomic E-state index is 5.69. The van der Waals surface area contributed by atoms with Gasteiger partial charge in [-0.2, -0.15) is 0 Å². The van der Waals surface area contributed by atoms with Gasteiger partial charge in [-0.15, -0.1) is 0 Å². The lowest BCUT2D eigenvalue weighted by molar-refractivity contribution is 0.242. The first-order valence-electron chi connectivity index (χ1n) is 7.88. The Labute approximate surface area is 123 Å². The van der Waals surface area contributed by atoms with Gasteiger partial charge in [0.1, 0.15) is 5.75 Å². The Bertz CT molecular complexity index is 422. The zero-order valence-corrected chi connectivity index (χ0v) is 13.6. The minimum atomic E-state index is 0.233. The van der Waals surface area contributed by atoms with E-state index >= 15 is 0 Å². The van der Waals surface area contributed by atoms with Crippen molar-refractivity contribution in [1.82, 2.24) is 5.32 Å².